The SMILES string of the molecule is NC(=O)c1c(NC(=O)C2CC2)sc2c1CC1CCCCC1C2. The van der Waals surface area contributed by atoms with Gasteiger partial charge in [0.2, 0.25) is 5.91 Å². The predicted octanol–water partition coefficient (Wildman–Crippen LogP) is 3.10. The Morgan fingerprint density at radius 2 is 1.73 bits per heavy atom. The van der Waals surface area contributed by atoms with Crippen molar-refractivity contribution in [3.63, 3.8) is 0 Å². The zero-order chi connectivity index (χ0) is 15.3. The van der Waals surface area contributed by atoms with Crippen molar-refractivity contribution >= 4 is 28.2 Å². The molecule has 0 saturated heterocycles. The highest BCUT2D eigenvalue weighted by Crippen LogP contribution is 2.46. The molecule has 1 aromatic heterocycles. The van der Waals surface area contributed by atoms with E-state index in [0.717, 1.165) is 37.2 Å². The van der Waals surface area contributed by atoms with E-state index in [1.54, 1.807) is 11.3 Å². The Balaban J connectivity index is 1.66. The van der Waals surface area contributed by atoms with Crippen molar-refractivity contribution in [1.82, 2.24) is 0 Å². The zero-order valence-electron chi connectivity index (χ0n) is 12.7. The van der Waals surface area contributed by atoms with Crippen molar-refractivity contribution in [2.45, 2.75) is 51.4 Å². The van der Waals surface area contributed by atoms with E-state index < -0.39 is 5.91 Å². The predicted molar refractivity (Wildman–Crippen MR) is 87.0 cm³/mol. The van der Waals surface area contributed by atoms with Gasteiger partial charge in [0.05, 0.1) is 5.56 Å². The first-order valence-electron chi connectivity index (χ1n) is 8.38. The van der Waals surface area contributed by atoms with Gasteiger partial charge in [0.15, 0.2) is 0 Å². The number of nitrogens with two attached hydrogens (primary N) is 1. The summed E-state index contributed by atoms with van der Waals surface area (Å²) in [5, 5.41) is 3.67. The van der Waals surface area contributed by atoms with Crippen LogP contribution in [0.5, 0.6) is 0 Å². The average molecular weight is 318 g/mol. The van der Waals surface area contributed by atoms with Crippen LogP contribution in [0.3, 0.4) is 0 Å². The van der Waals surface area contributed by atoms with Crippen molar-refractivity contribution in [3.05, 3.63) is 16.0 Å². The molecule has 4 rings (SSSR count). The smallest absolute Gasteiger partial charge is 0.251 e. The molecule has 5 heteroatoms. The largest absolute Gasteiger partial charge is 0.365 e. The van der Waals surface area contributed by atoms with E-state index in [2.05, 4.69) is 5.32 Å². The minimum atomic E-state index is -0.391. The normalized spacial score (nSPS) is 26.9. The lowest BCUT2D eigenvalue weighted by molar-refractivity contribution is -0.117. The first-order chi connectivity index (χ1) is 10.6. The first kappa shape index (κ1) is 14.2. The molecule has 118 valence electrons. The Morgan fingerprint density at radius 1 is 1.05 bits per heavy atom. The number of hydrogen-bond acceptors (Lipinski definition) is 3. The quantitative estimate of drug-likeness (QED) is 0.899. The molecule has 4 nitrogen and oxygen atoms in total. The molecule has 2 amide bonds. The van der Waals surface area contributed by atoms with Gasteiger partial charge >= 0.3 is 0 Å². The number of nitrogens with one attached hydrogen (secondary N) is 1. The van der Waals surface area contributed by atoms with Gasteiger partial charge in [0.25, 0.3) is 5.91 Å². The third kappa shape index (κ3) is 2.45. The maximum atomic E-state index is 12.1. The van der Waals surface area contributed by atoms with Crippen molar-refractivity contribution in [3.8, 4) is 0 Å². The summed E-state index contributed by atoms with van der Waals surface area (Å²) in [5.74, 6) is 1.26. The lowest BCUT2D eigenvalue weighted by atomic mass is 9.70. The van der Waals surface area contributed by atoms with Crippen LogP contribution in [0.25, 0.3) is 0 Å². The monoisotopic (exact) mass is 318 g/mol. The van der Waals surface area contributed by atoms with Crippen LogP contribution in [-0.2, 0) is 17.6 Å². The molecular formula is C17H22N2O2S. The molecule has 0 radical (unpaired) electrons. The lowest BCUT2D eigenvalue weighted by Crippen LogP contribution is -2.29. The highest BCUT2D eigenvalue weighted by atomic mass is 32.1. The molecule has 2 saturated carbocycles. The van der Waals surface area contributed by atoms with Gasteiger partial charge < -0.3 is 11.1 Å². The maximum Gasteiger partial charge on any atom is 0.251 e. The Hall–Kier alpha value is -1.36. The topological polar surface area (TPSA) is 72.2 Å². The number of carbonyl (C=O) groups excluding carboxylic acids is 2. The lowest BCUT2D eigenvalue weighted by Gasteiger charge is -2.35. The number of amides is 2. The fourth-order valence-corrected chi connectivity index (χ4v) is 5.45. The van der Waals surface area contributed by atoms with Crippen molar-refractivity contribution in [1.29, 1.82) is 0 Å². The minimum absolute atomic E-state index is 0.0542. The Morgan fingerprint density at radius 3 is 2.36 bits per heavy atom. The van der Waals surface area contributed by atoms with Gasteiger partial charge in [-0.1, -0.05) is 12.8 Å². The van der Waals surface area contributed by atoms with Crippen LogP contribution in [0.15, 0.2) is 0 Å². The molecule has 3 aliphatic carbocycles. The first-order valence-corrected chi connectivity index (χ1v) is 9.20. The summed E-state index contributed by atoms with van der Waals surface area (Å²) in [6.07, 6.45) is 9.16. The number of rotatable bonds is 3. The molecular weight excluding hydrogens is 296 g/mol. The van der Waals surface area contributed by atoms with E-state index in [4.69, 9.17) is 5.73 Å². The van der Waals surface area contributed by atoms with Gasteiger partial charge in [-0.05, 0) is 55.9 Å². The van der Waals surface area contributed by atoms with E-state index in [-0.39, 0.29) is 11.8 Å². The fourth-order valence-electron chi connectivity index (χ4n) is 4.12. The summed E-state index contributed by atoms with van der Waals surface area (Å²) in [4.78, 5) is 25.3. The van der Waals surface area contributed by atoms with Gasteiger partial charge in [0.1, 0.15) is 5.00 Å². The summed E-state index contributed by atoms with van der Waals surface area (Å²) in [5.41, 5.74) is 7.36. The van der Waals surface area contributed by atoms with Crippen LogP contribution in [-0.4, -0.2) is 11.8 Å². The van der Waals surface area contributed by atoms with Crippen LogP contribution in [0, 0.1) is 17.8 Å². The van der Waals surface area contributed by atoms with Crippen LogP contribution in [0.4, 0.5) is 5.00 Å². The second-order valence-corrected chi connectivity index (χ2v) is 8.15. The second kappa shape index (κ2) is 5.37. The van der Waals surface area contributed by atoms with E-state index in [0.29, 0.717) is 16.5 Å². The third-order valence-electron chi connectivity index (χ3n) is 5.50. The molecule has 0 aromatic carbocycles. The molecule has 2 atom stereocenters. The summed E-state index contributed by atoms with van der Waals surface area (Å²) in [6, 6.07) is 0. The van der Waals surface area contributed by atoms with Crippen LogP contribution in [0.1, 0.15) is 59.3 Å². The number of fused-ring (bicyclic) bond motifs is 2. The molecule has 0 bridgehead atoms. The Labute approximate surface area is 134 Å². The number of thiophene rings is 1. The molecule has 2 unspecified atom stereocenters. The third-order valence-corrected chi connectivity index (χ3v) is 6.67. The molecule has 22 heavy (non-hydrogen) atoms. The minimum Gasteiger partial charge on any atom is -0.365 e. The van der Waals surface area contributed by atoms with E-state index in [1.165, 1.54) is 30.6 Å². The maximum absolute atomic E-state index is 12.1. The summed E-state index contributed by atoms with van der Waals surface area (Å²) in [6.45, 7) is 0. The Kier molecular flexibility index (Phi) is 3.48. The molecule has 0 aliphatic heterocycles. The van der Waals surface area contributed by atoms with Gasteiger partial charge in [-0.3, -0.25) is 9.59 Å². The van der Waals surface area contributed by atoms with Crippen molar-refractivity contribution < 1.29 is 9.59 Å². The van der Waals surface area contributed by atoms with E-state index >= 15 is 0 Å². The number of carbonyl (C=O) groups is 2. The molecule has 3 aliphatic rings. The second-order valence-electron chi connectivity index (χ2n) is 7.05. The standard InChI is InChI=1S/C17H22N2O2S/c18-15(20)14-12-7-10-3-1-2-4-11(10)8-13(12)22-17(14)19-16(21)9-5-6-9/h9-11H,1-8H2,(H2,18,20)(H,19,21). The van der Waals surface area contributed by atoms with Gasteiger partial charge in [0, 0.05) is 10.8 Å². The number of hydrogen-bond donors (Lipinski definition) is 2. The molecule has 1 aromatic rings. The molecule has 0 spiro atoms. The number of primary amides is 1. The molecule has 2 fully saturated rings. The van der Waals surface area contributed by atoms with Gasteiger partial charge in [-0.25, -0.2) is 0 Å². The van der Waals surface area contributed by atoms with Gasteiger partial charge in [-0.2, -0.15) is 0 Å². The van der Waals surface area contributed by atoms with E-state index in [1.807, 2.05) is 0 Å². The molecule has 3 N–H and O–H groups in total. The van der Waals surface area contributed by atoms with Crippen molar-refractivity contribution in [2.75, 3.05) is 5.32 Å². The zero-order valence-corrected chi connectivity index (χ0v) is 13.5. The van der Waals surface area contributed by atoms with E-state index in [9.17, 15) is 9.59 Å². The van der Waals surface area contributed by atoms with Gasteiger partial charge in [-0.15, -0.1) is 11.3 Å². The Bertz CT molecular complexity index is 633. The van der Waals surface area contributed by atoms with Crippen LogP contribution >= 0.6 is 11.3 Å². The van der Waals surface area contributed by atoms with Crippen molar-refractivity contribution in [2.24, 2.45) is 23.5 Å². The average Bonchev–Trinajstić information content (AvgIpc) is 3.27. The summed E-state index contributed by atoms with van der Waals surface area (Å²) in [7, 11) is 0. The summed E-state index contributed by atoms with van der Waals surface area (Å²) < 4.78 is 0. The van der Waals surface area contributed by atoms with Crippen LogP contribution < -0.4 is 11.1 Å². The highest BCUT2D eigenvalue weighted by molar-refractivity contribution is 7.17. The highest BCUT2D eigenvalue weighted by Gasteiger charge is 2.36. The summed E-state index contributed by atoms with van der Waals surface area (Å²) >= 11 is 1.59. The molecule has 1 heterocycles. The fraction of sp³-hybridized carbons (Fsp3) is 0.647. The van der Waals surface area contributed by atoms with Crippen LogP contribution in [0.2, 0.25) is 0 Å². The number of anilines is 1.